The van der Waals surface area contributed by atoms with Gasteiger partial charge in [0.15, 0.2) is 5.16 Å². The van der Waals surface area contributed by atoms with Crippen LogP contribution in [-0.2, 0) is 17.0 Å². The number of rotatable bonds is 8. The van der Waals surface area contributed by atoms with Crippen molar-refractivity contribution in [2.75, 3.05) is 13.2 Å². The van der Waals surface area contributed by atoms with Gasteiger partial charge in [-0.1, -0.05) is 43.3 Å². The molecule has 1 fully saturated rings. The van der Waals surface area contributed by atoms with Crippen LogP contribution in [0, 0.1) is 11.7 Å². The van der Waals surface area contributed by atoms with Crippen LogP contribution in [-0.4, -0.2) is 34.7 Å². The fourth-order valence-corrected chi connectivity index (χ4v) is 5.11. The Balaban J connectivity index is 1.69. The van der Waals surface area contributed by atoms with E-state index in [2.05, 4.69) is 5.32 Å². The molecule has 1 saturated heterocycles. The van der Waals surface area contributed by atoms with Gasteiger partial charge in [0.2, 0.25) is 0 Å². The third-order valence-electron chi connectivity index (χ3n) is 5.64. The van der Waals surface area contributed by atoms with Crippen LogP contribution in [0.1, 0.15) is 42.6 Å². The number of nitrogens with one attached hydrogen (secondary N) is 1. The number of amides is 1. The van der Waals surface area contributed by atoms with Gasteiger partial charge in [-0.3, -0.25) is 14.2 Å². The second kappa shape index (κ2) is 10.9. The number of hydrogen-bond acceptors (Lipinski definition) is 5. The van der Waals surface area contributed by atoms with Crippen LogP contribution >= 0.6 is 23.4 Å². The van der Waals surface area contributed by atoms with Crippen LogP contribution in [0.15, 0.2) is 46.3 Å². The van der Waals surface area contributed by atoms with Crippen molar-refractivity contribution in [2.45, 2.75) is 50.2 Å². The molecule has 6 nitrogen and oxygen atoms in total. The molecule has 1 N–H and O–H groups in total. The van der Waals surface area contributed by atoms with Crippen molar-refractivity contribution in [1.82, 2.24) is 14.9 Å². The lowest BCUT2D eigenvalue weighted by Gasteiger charge is -2.17. The number of halogens is 2. The van der Waals surface area contributed by atoms with E-state index in [1.165, 1.54) is 23.9 Å². The highest BCUT2D eigenvalue weighted by atomic mass is 35.5. The zero-order valence-electron chi connectivity index (χ0n) is 19.1. The maximum absolute atomic E-state index is 13.4. The Hall–Kier alpha value is -2.42. The molecule has 1 amide bonds. The smallest absolute Gasteiger partial charge is 0.262 e. The molecule has 0 spiro atoms. The molecule has 180 valence electrons. The highest BCUT2D eigenvalue weighted by Crippen LogP contribution is 2.28. The number of thioether (sulfide) groups is 1. The Bertz CT molecular complexity index is 1260. The van der Waals surface area contributed by atoms with Crippen LogP contribution in [0.2, 0.25) is 5.02 Å². The summed E-state index contributed by atoms with van der Waals surface area (Å²) in [5.74, 6) is 0.139. The standard InChI is InChI=1S/C25H27ClFN3O3S/c1-15(2)12-28-23(31)16-6-8-20-22(10-16)29-25(30(24(20)32)13-19-4-3-9-33-19)34-14-17-5-7-18(27)11-21(17)26/h5-8,10-11,15,19H,3-4,9,12-14H2,1-2H3,(H,28,31)/t19-/m0/s1. The van der Waals surface area contributed by atoms with Gasteiger partial charge in [-0.15, -0.1) is 0 Å². The minimum atomic E-state index is -0.402. The molecule has 0 radical (unpaired) electrons. The summed E-state index contributed by atoms with van der Waals surface area (Å²) in [7, 11) is 0. The van der Waals surface area contributed by atoms with Gasteiger partial charge in [0.25, 0.3) is 11.5 Å². The second-order valence-corrected chi connectivity index (χ2v) is 10.2. The van der Waals surface area contributed by atoms with E-state index in [0.717, 1.165) is 18.4 Å². The normalized spacial score (nSPS) is 15.9. The number of carbonyl (C=O) groups is 1. The van der Waals surface area contributed by atoms with E-state index in [-0.39, 0.29) is 17.6 Å². The van der Waals surface area contributed by atoms with Crippen molar-refractivity contribution in [3.05, 3.63) is 68.7 Å². The first-order valence-corrected chi connectivity index (χ1v) is 12.7. The summed E-state index contributed by atoms with van der Waals surface area (Å²) < 4.78 is 20.8. The molecule has 1 aromatic heterocycles. The van der Waals surface area contributed by atoms with E-state index in [4.69, 9.17) is 21.3 Å². The van der Waals surface area contributed by atoms with E-state index in [1.54, 1.807) is 28.8 Å². The summed E-state index contributed by atoms with van der Waals surface area (Å²) in [6.07, 6.45) is 1.79. The van der Waals surface area contributed by atoms with Crippen molar-refractivity contribution in [1.29, 1.82) is 0 Å². The molecule has 9 heteroatoms. The lowest BCUT2D eigenvalue weighted by atomic mass is 10.1. The average molecular weight is 504 g/mol. The van der Waals surface area contributed by atoms with Gasteiger partial charge in [-0.25, -0.2) is 9.37 Å². The van der Waals surface area contributed by atoms with E-state index in [1.807, 2.05) is 13.8 Å². The number of hydrogen-bond donors (Lipinski definition) is 1. The molecule has 34 heavy (non-hydrogen) atoms. The predicted molar refractivity (Wildman–Crippen MR) is 133 cm³/mol. The summed E-state index contributed by atoms with van der Waals surface area (Å²) in [6.45, 7) is 5.69. The number of benzene rings is 2. The van der Waals surface area contributed by atoms with Crippen LogP contribution in [0.4, 0.5) is 4.39 Å². The summed E-state index contributed by atoms with van der Waals surface area (Å²) in [4.78, 5) is 30.7. The third kappa shape index (κ3) is 5.79. The van der Waals surface area contributed by atoms with E-state index < -0.39 is 5.82 Å². The van der Waals surface area contributed by atoms with Crippen LogP contribution < -0.4 is 10.9 Å². The average Bonchev–Trinajstić information content (AvgIpc) is 3.32. The zero-order valence-corrected chi connectivity index (χ0v) is 20.7. The van der Waals surface area contributed by atoms with Gasteiger partial charge in [-0.2, -0.15) is 0 Å². The Morgan fingerprint density at radius 1 is 1.32 bits per heavy atom. The number of fused-ring (bicyclic) bond motifs is 1. The maximum atomic E-state index is 13.4. The monoisotopic (exact) mass is 503 g/mol. The van der Waals surface area contributed by atoms with Gasteiger partial charge in [0.05, 0.1) is 23.6 Å². The third-order valence-corrected chi connectivity index (χ3v) is 7.01. The molecule has 0 aliphatic carbocycles. The van der Waals surface area contributed by atoms with Crippen LogP contribution in [0.3, 0.4) is 0 Å². The number of aromatic nitrogens is 2. The molecule has 0 bridgehead atoms. The molecule has 1 atom stereocenters. The highest BCUT2D eigenvalue weighted by Gasteiger charge is 2.21. The van der Waals surface area contributed by atoms with Gasteiger partial charge < -0.3 is 10.1 Å². The first-order chi connectivity index (χ1) is 16.3. The molecule has 3 aromatic rings. The summed E-state index contributed by atoms with van der Waals surface area (Å²) in [6, 6.07) is 9.22. The lowest BCUT2D eigenvalue weighted by Crippen LogP contribution is -2.29. The summed E-state index contributed by atoms with van der Waals surface area (Å²) in [5, 5.41) is 4.17. The van der Waals surface area contributed by atoms with E-state index in [0.29, 0.717) is 58.0 Å². The molecular weight excluding hydrogens is 477 g/mol. The molecule has 1 aliphatic heterocycles. The molecule has 1 aliphatic rings. The summed E-state index contributed by atoms with van der Waals surface area (Å²) in [5.41, 5.74) is 1.48. The molecule has 0 unspecified atom stereocenters. The maximum Gasteiger partial charge on any atom is 0.262 e. The topological polar surface area (TPSA) is 73.2 Å². The largest absolute Gasteiger partial charge is 0.376 e. The molecule has 0 saturated carbocycles. The van der Waals surface area contributed by atoms with Crippen molar-refractivity contribution in [3.8, 4) is 0 Å². The Morgan fingerprint density at radius 3 is 2.85 bits per heavy atom. The van der Waals surface area contributed by atoms with Gasteiger partial charge >= 0.3 is 0 Å². The van der Waals surface area contributed by atoms with E-state index >= 15 is 0 Å². The van der Waals surface area contributed by atoms with Gasteiger partial charge in [0.1, 0.15) is 5.82 Å². The second-order valence-electron chi connectivity index (χ2n) is 8.81. The van der Waals surface area contributed by atoms with Crippen molar-refractivity contribution < 1.29 is 13.9 Å². The van der Waals surface area contributed by atoms with E-state index in [9.17, 15) is 14.0 Å². The molecule has 4 rings (SSSR count). The predicted octanol–water partition coefficient (Wildman–Crippen LogP) is 5.05. The SMILES string of the molecule is CC(C)CNC(=O)c1ccc2c(=O)n(C[C@@H]3CCCO3)c(SCc3ccc(F)cc3Cl)nc2c1. The summed E-state index contributed by atoms with van der Waals surface area (Å²) >= 11 is 7.55. The Morgan fingerprint density at radius 2 is 2.15 bits per heavy atom. The highest BCUT2D eigenvalue weighted by molar-refractivity contribution is 7.98. The number of nitrogens with zero attached hydrogens (tertiary/aromatic N) is 2. The van der Waals surface area contributed by atoms with Crippen LogP contribution in [0.25, 0.3) is 10.9 Å². The van der Waals surface area contributed by atoms with Crippen molar-refractivity contribution in [2.24, 2.45) is 5.92 Å². The van der Waals surface area contributed by atoms with Crippen LogP contribution in [0.5, 0.6) is 0 Å². The first kappa shape index (κ1) is 24.7. The Labute approximate surface area is 206 Å². The Kier molecular flexibility index (Phi) is 7.91. The molecular formula is C25H27ClFN3O3S. The number of carbonyl (C=O) groups excluding carboxylic acids is 1. The quantitative estimate of drug-likeness (QED) is 0.344. The first-order valence-electron chi connectivity index (χ1n) is 11.3. The van der Waals surface area contributed by atoms with Gasteiger partial charge in [0, 0.05) is 29.5 Å². The van der Waals surface area contributed by atoms with Crippen molar-refractivity contribution >= 4 is 40.2 Å². The van der Waals surface area contributed by atoms with Crippen molar-refractivity contribution in [3.63, 3.8) is 0 Å². The lowest BCUT2D eigenvalue weighted by molar-refractivity contribution is 0.0937. The zero-order chi connectivity index (χ0) is 24.2. The molecule has 2 heterocycles. The fourth-order valence-electron chi connectivity index (χ4n) is 3.78. The molecule has 2 aromatic carbocycles. The minimum Gasteiger partial charge on any atom is -0.376 e. The minimum absolute atomic E-state index is 0.0493. The van der Waals surface area contributed by atoms with Gasteiger partial charge in [-0.05, 0) is 54.7 Å². The number of ether oxygens (including phenoxy) is 1. The fraction of sp³-hybridized carbons (Fsp3) is 0.400.